The van der Waals surface area contributed by atoms with Gasteiger partial charge in [-0.05, 0) is 59.5 Å². The first-order valence-corrected chi connectivity index (χ1v) is 10.5. The Bertz CT molecular complexity index is 1260. The Morgan fingerprint density at radius 1 is 1.13 bits per heavy atom. The van der Waals surface area contributed by atoms with Crippen LogP contribution in [-0.2, 0) is 19.4 Å². The number of aryl methyl sites for hydroxylation is 1. The average molecular weight is 413 g/mol. The normalized spacial score (nSPS) is 13.1. The largest absolute Gasteiger partial charge is 0.497 e. The molecule has 0 saturated heterocycles. The number of ether oxygens (including phenoxy) is 1. The van der Waals surface area contributed by atoms with Crippen molar-refractivity contribution in [3.63, 3.8) is 0 Å². The molecule has 0 atom stereocenters. The van der Waals surface area contributed by atoms with Crippen LogP contribution in [0.2, 0.25) is 0 Å². The zero-order valence-corrected chi connectivity index (χ0v) is 17.4. The number of amides is 1. The Labute approximate surface area is 180 Å². The van der Waals surface area contributed by atoms with Crippen molar-refractivity contribution in [1.82, 2.24) is 15.5 Å². The van der Waals surface area contributed by atoms with Gasteiger partial charge in [0.2, 0.25) is 0 Å². The molecule has 6 nitrogen and oxygen atoms in total. The summed E-state index contributed by atoms with van der Waals surface area (Å²) >= 11 is 0. The van der Waals surface area contributed by atoms with Crippen molar-refractivity contribution in [2.75, 3.05) is 7.11 Å². The molecule has 156 valence electrons. The molecular formula is C25H23N3O3. The van der Waals surface area contributed by atoms with E-state index in [1.165, 1.54) is 0 Å². The molecule has 0 spiro atoms. The predicted octanol–water partition coefficient (Wildman–Crippen LogP) is 4.71. The van der Waals surface area contributed by atoms with Crippen LogP contribution in [0.5, 0.6) is 5.75 Å². The Morgan fingerprint density at radius 3 is 2.94 bits per heavy atom. The van der Waals surface area contributed by atoms with Crippen molar-refractivity contribution < 1.29 is 14.1 Å². The lowest BCUT2D eigenvalue weighted by Gasteiger charge is -2.13. The number of rotatable bonds is 5. The van der Waals surface area contributed by atoms with Crippen LogP contribution in [0.15, 0.2) is 59.4 Å². The third-order valence-corrected chi connectivity index (χ3v) is 5.89. The monoisotopic (exact) mass is 413 g/mol. The quantitative estimate of drug-likeness (QED) is 0.513. The van der Waals surface area contributed by atoms with Crippen LogP contribution < -0.4 is 10.1 Å². The van der Waals surface area contributed by atoms with Gasteiger partial charge in [0.25, 0.3) is 5.91 Å². The third kappa shape index (κ3) is 3.65. The van der Waals surface area contributed by atoms with Crippen LogP contribution in [0.25, 0.3) is 21.9 Å². The molecule has 0 aliphatic heterocycles. The fraction of sp³-hybridized carbons (Fsp3) is 0.240. The van der Waals surface area contributed by atoms with Crippen LogP contribution in [-0.4, -0.2) is 23.2 Å². The second-order valence-electron chi connectivity index (χ2n) is 7.75. The fourth-order valence-corrected chi connectivity index (χ4v) is 4.27. The Balaban J connectivity index is 1.43. The molecular weight excluding hydrogens is 390 g/mol. The molecule has 1 N–H and O–H groups in total. The number of nitrogens with one attached hydrogen (secondary N) is 1. The van der Waals surface area contributed by atoms with Gasteiger partial charge >= 0.3 is 0 Å². The van der Waals surface area contributed by atoms with Gasteiger partial charge in [-0.3, -0.25) is 9.78 Å². The van der Waals surface area contributed by atoms with E-state index in [0.717, 1.165) is 70.2 Å². The number of aromatic nitrogens is 2. The minimum Gasteiger partial charge on any atom is -0.497 e. The molecule has 31 heavy (non-hydrogen) atoms. The van der Waals surface area contributed by atoms with E-state index in [1.807, 2.05) is 36.5 Å². The summed E-state index contributed by atoms with van der Waals surface area (Å²) in [5.74, 6) is 1.47. The van der Waals surface area contributed by atoms with Gasteiger partial charge in [0.05, 0.1) is 7.11 Å². The molecule has 1 amide bonds. The van der Waals surface area contributed by atoms with Crippen molar-refractivity contribution >= 4 is 16.7 Å². The molecule has 0 saturated carbocycles. The van der Waals surface area contributed by atoms with Gasteiger partial charge in [-0.25, -0.2) is 0 Å². The van der Waals surface area contributed by atoms with E-state index < -0.39 is 0 Å². The first kappa shape index (κ1) is 19.3. The lowest BCUT2D eigenvalue weighted by atomic mass is 9.95. The zero-order chi connectivity index (χ0) is 21.2. The maximum atomic E-state index is 12.8. The molecule has 2 heterocycles. The number of nitrogens with zero attached hydrogens (tertiary/aromatic N) is 2. The minimum atomic E-state index is -0.194. The van der Waals surface area contributed by atoms with Gasteiger partial charge in [0.15, 0.2) is 5.69 Å². The number of carbonyl (C=O) groups is 1. The highest BCUT2D eigenvalue weighted by Gasteiger charge is 2.24. The number of methoxy groups -OCH3 is 1. The van der Waals surface area contributed by atoms with Gasteiger partial charge in [-0.15, -0.1) is 0 Å². The van der Waals surface area contributed by atoms with Crippen LogP contribution in [0.3, 0.4) is 0 Å². The van der Waals surface area contributed by atoms with E-state index in [0.29, 0.717) is 12.2 Å². The number of hydrogen-bond donors (Lipinski definition) is 1. The maximum Gasteiger partial charge on any atom is 0.274 e. The second kappa shape index (κ2) is 8.22. The summed E-state index contributed by atoms with van der Waals surface area (Å²) in [6, 6.07) is 14.1. The van der Waals surface area contributed by atoms with Crippen molar-refractivity contribution in [2.45, 2.75) is 32.2 Å². The summed E-state index contributed by atoms with van der Waals surface area (Å²) in [5, 5.41) is 9.13. The van der Waals surface area contributed by atoms with Crippen molar-refractivity contribution in [1.29, 1.82) is 0 Å². The summed E-state index contributed by atoms with van der Waals surface area (Å²) in [6.45, 7) is 0.390. The smallest absolute Gasteiger partial charge is 0.274 e. The first-order valence-electron chi connectivity index (χ1n) is 10.5. The lowest BCUT2D eigenvalue weighted by molar-refractivity contribution is 0.0941. The van der Waals surface area contributed by atoms with Gasteiger partial charge in [0.1, 0.15) is 11.5 Å². The fourth-order valence-electron chi connectivity index (χ4n) is 4.27. The molecule has 0 unspecified atom stereocenters. The van der Waals surface area contributed by atoms with Crippen molar-refractivity contribution in [3.05, 3.63) is 77.4 Å². The van der Waals surface area contributed by atoms with E-state index in [9.17, 15) is 4.79 Å². The van der Waals surface area contributed by atoms with Crippen LogP contribution in [0.4, 0.5) is 0 Å². The molecule has 2 aromatic heterocycles. The summed E-state index contributed by atoms with van der Waals surface area (Å²) in [5.41, 5.74) is 4.55. The topological polar surface area (TPSA) is 77.2 Å². The number of benzene rings is 2. The number of hydrogen-bond acceptors (Lipinski definition) is 5. The molecule has 4 aromatic rings. The highest BCUT2D eigenvalue weighted by Crippen LogP contribution is 2.32. The standard InChI is InChI=1S/C25H23N3O3/c1-30-18-6-4-5-16(13-18)19-10-9-17(22-15-26-12-11-20(19)22)14-27-25(29)24-21-7-2-3-8-23(21)31-28-24/h4-6,9-13,15H,2-3,7-8,14H2,1H3,(H,27,29). The van der Waals surface area contributed by atoms with Crippen LogP contribution in [0, 0.1) is 0 Å². The zero-order valence-electron chi connectivity index (χ0n) is 17.4. The molecule has 2 aromatic carbocycles. The van der Waals surface area contributed by atoms with E-state index in [1.54, 1.807) is 13.3 Å². The van der Waals surface area contributed by atoms with Gasteiger partial charge < -0.3 is 14.6 Å². The Kier molecular flexibility index (Phi) is 5.12. The van der Waals surface area contributed by atoms with Crippen molar-refractivity contribution in [2.24, 2.45) is 0 Å². The number of fused-ring (bicyclic) bond motifs is 2. The van der Waals surface area contributed by atoms with Gasteiger partial charge in [-0.2, -0.15) is 0 Å². The van der Waals surface area contributed by atoms with E-state index >= 15 is 0 Å². The molecule has 5 rings (SSSR count). The van der Waals surface area contributed by atoms with Crippen molar-refractivity contribution in [3.8, 4) is 16.9 Å². The van der Waals surface area contributed by atoms with Gasteiger partial charge in [-0.1, -0.05) is 29.4 Å². The summed E-state index contributed by atoms with van der Waals surface area (Å²) in [7, 11) is 1.67. The van der Waals surface area contributed by atoms with E-state index in [4.69, 9.17) is 9.26 Å². The molecule has 1 aliphatic carbocycles. The van der Waals surface area contributed by atoms with Crippen LogP contribution in [0.1, 0.15) is 40.2 Å². The summed E-state index contributed by atoms with van der Waals surface area (Å²) < 4.78 is 10.8. The first-order chi connectivity index (χ1) is 15.2. The maximum absolute atomic E-state index is 12.8. The average Bonchev–Trinajstić information content (AvgIpc) is 3.26. The predicted molar refractivity (Wildman–Crippen MR) is 118 cm³/mol. The molecule has 6 heteroatoms. The SMILES string of the molecule is COc1cccc(-c2ccc(CNC(=O)c3noc4c3CCCC4)c3cnccc23)c1. The molecule has 1 aliphatic rings. The summed E-state index contributed by atoms with van der Waals surface area (Å²) in [4.78, 5) is 17.1. The Hall–Kier alpha value is -3.67. The lowest BCUT2D eigenvalue weighted by Crippen LogP contribution is -2.24. The highest BCUT2D eigenvalue weighted by molar-refractivity contribution is 5.99. The molecule has 0 fully saturated rings. The molecule has 0 bridgehead atoms. The van der Waals surface area contributed by atoms with Crippen LogP contribution >= 0.6 is 0 Å². The van der Waals surface area contributed by atoms with E-state index in [-0.39, 0.29) is 5.91 Å². The summed E-state index contributed by atoms with van der Waals surface area (Å²) in [6.07, 6.45) is 7.49. The number of carbonyl (C=O) groups excluding carboxylic acids is 1. The minimum absolute atomic E-state index is 0.194. The third-order valence-electron chi connectivity index (χ3n) is 5.89. The highest BCUT2D eigenvalue weighted by atomic mass is 16.5. The Morgan fingerprint density at radius 2 is 2.03 bits per heavy atom. The molecule has 0 radical (unpaired) electrons. The number of pyridine rings is 1. The second-order valence-corrected chi connectivity index (χ2v) is 7.75. The van der Waals surface area contributed by atoms with Gasteiger partial charge in [0, 0.05) is 36.3 Å². The van der Waals surface area contributed by atoms with E-state index in [2.05, 4.69) is 27.6 Å².